The molecule has 1 fully saturated rings. The third-order valence-corrected chi connectivity index (χ3v) is 5.61. The molecule has 5 rings (SSSR count). The molecule has 4 heterocycles. The first kappa shape index (κ1) is 18.7. The summed E-state index contributed by atoms with van der Waals surface area (Å²) in [5.41, 5.74) is 1.82. The number of anilines is 1. The van der Waals surface area contributed by atoms with Crippen LogP contribution in [-0.2, 0) is 6.54 Å². The minimum absolute atomic E-state index is 0.225. The normalized spacial score (nSPS) is 15.0. The predicted molar refractivity (Wildman–Crippen MR) is 116 cm³/mol. The summed E-state index contributed by atoms with van der Waals surface area (Å²) < 4.78 is 13.7. The van der Waals surface area contributed by atoms with Crippen LogP contribution in [0.1, 0.15) is 18.5 Å². The van der Waals surface area contributed by atoms with Crippen molar-refractivity contribution < 1.29 is 4.39 Å². The minimum atomic E-state index is -0.225. The molecule has 0 radical (unpaired) electrons. The highest BCUT2D eigenvalue weighted by Gasteiger charge is 2.21. The molecule has 2 N–H and O–H groups in total. The topological polar surface area (TPSA) is 69.7 Å². The van der Waals surface area contributed by atoms with Crippen molar-refractivity contribution in [2.24, 2.45) is 0 Å². The maximum absolute atomic E-state index is 13.7. The Morgan fingerprint density at radius 1 is 1.07 bits per heavy atom. The quantitative estimate of drug-likeness (QED) is 0.530. The van der Waals surface area contributed by atoms with E-state index < -0.39 is 0 Å². The van der Waals surface area contributed by atoms with Crippen LogP contribution in [0.25, 0.3) is 22.3 Å². The van der Waals surface area contributed by atoms with E-state index >= 15 is 0 Å². The van der Waals surface area contributed by atoms with Gasteiger partial charge in [0.2, 0.25) is 0 Å². The number of hydrogen-bond donors (Lipinski definition) is 2. The van der Waals surface area contributed by atoms with Gasteiger partial charge in [0.05, 0.1) is 5.69 Å². The highest BCUT2D eigenvalue weighted by molar-refractivity contribution is 5.92. The van der Waals surface area contributed by atoms with Crippen LogP contribution in [0.4, 0.5) is 10.2 Å². The van der Waals surface area contributed by atoms with E-state index in [-0.39, 0.29) is 5.82 Å². The van der Waals surface area contributed by atoms with Gasteiger partial charge in [-0.05, 0) is 48.6 Å². The lowest BCUT2D eigenvalue weighted by Crippen LogP contribution is -2.42. The maximum Gasteiger partial charge on any atom is 0.156 e. The Bertz CT molecular complexity index is 1130. The molecule has 1 saturated heterocycles. The van der Waals surface area contributed by atoms with Crippen LogP contribution < -0.4 is 10.2 Å². The summed E-state index contributed by atoms with van der Waals surface area (Å²) in [6, 6.07) is 13.0. The van der Waals surface area contributed by atoms with Crippen molar-refractivity contribution in [1.29, 1.82) is 0 Å². The molecule has 0 saturated carbocycles. The van der Waals surface area contributed by atoms with E-state index in [1.807, 2.05) is 36.5 Å². The third kappa shape index (κ3) is 3.89. The van der Waals surface area contributed by atoms with E-state index in [4.69, 9.17) is 0 Å². The first-order valence-corrected chi connectivity index (χ1v) is 10.2. The van der Waals surface area contributed by atoms with Gasteiger partial charge in [0, 0.05) is 49.7 Å². The van der Waals surface area contributed by atoms with E-state index in [1.165, 1.54) is 6.07 Å². The molecule has 1 aliphatic heterocycles. The zero-order chi connectivity index (χ0) is 20.3. The fraction of sp³-hybridized carbons (Fsp3) is 0.261. The van der Waals surface area contributed by atoms with Crippen molar-refractivity contribution in [1.82, 2.24) is 25.3 Å². The Kier molecular flexibility index (Phi) is 5.11. The number of benzene rings is 1. The SMILES string of the molecule is Fc1ccc2ccnc(N3CCC(NCc4c[nH]c(-c5ccccn5)n4)CC3)c2c1. The smallest absolute Gasteiger partial charge is 0.156 e. The number of aromatic amines is 1. The molecule has 0 aliphatic carbocycles. The summed E-state index contributed by atoms with van der Waals surface area (Å²) in [5.74, 6) is 1.44. The average molecular weight is 402 g/mol. The second kappa shape index (κ2) is 8.20. The molecule has 3 aromatic heterocycles. The molecular formula is C23H23FN6. The highest BCUT2D eigenvalue weighted by Crippen LogP contribution is 2.27. The Morgan fingerprint density at radius 2 is 1.97 bits per heavy atom. The number of nitrogens with zero attached hydrogens (tertiary/aromatic N) is 4. The van der Waals surface area contributed by atoms with Crippen LogP contribution in [0, 0.1) is 5.82 Å². The van der Waals surface area contributed by atoms with E-state index in [9.17, 15) is 4.39 Å². The van der Waals surface area contributed by atoms with Gasteiger partial charge in [0.1, 0.15) is 17.3 Å². The molecule has 30 heavy (non-hydrogen) atoms. The van der Waals surface area contributed by atoms with Crippen molar-refractivity contribution in [3.63, 3.8) is 0 Å². The van der Waals surface area contributed by atoms with Gasteiger partial charge in [-0.15, -0.1) is 0 Å². The number of aromatic nitrogens is 4. The Labute approximate surface area is 174 Å². The number of halogens is 1. The standard InChI is InChI=1S/C23H23FN6/c24-17-5-4-16-6-10-26-23(20(16)13-17)30-11-7-18(8-12-30)27-14-19-15-28-22(29-19)21-3-1-2-9-25-21/h1-6,9-10,13,15,18,27H,7-8,11-12,14H2,(H,28,29). The van der Waals surface area contributed by atoms with E-state index in [0.29, 0.717) is 12.6 Å². The van der Waals surface area contributed by atoms with Gasteiger partial charge in [-0.25, -0.2) is 14.4 Å². The van der Waals surface area contributed by atoms with Gasteiger partial charge in [0.25, 0.3) is 0 Å². The van der Waals surface area contributed by atoms with Crippen LogP contribution in [0.5, 0.6) is 0 Å². The molecule has 0 atom stereocenters. The minimum Gasteiger partial charge on any atom is -0.356 e. The molecule has 152 valence electrons. The number of piperidine rings is 1. The van der Waals surface area contributed by atoms with E-state index in [1.54, 1.807) is 18.5 Å². The molecule has 0 spiro atoms. The number of imidazole rings is 1. The first-order valence-electron chi connectivity index (χ1n) is 10.2. The van der Waals surface area contributed by atoms with Crippen LogP contribution in [0.3, 0.4) is 0 Å². The number of pyridine rings is 2. The van der Waals surface area contributed by atoms with Gasteiger partial charge in [-0.2, -0.15) is 0 Å². The molecule has 0 unspecified atom stereocenters. The van der Waals surface area contributed by atoms with Crippen LogP contribution >= 0.6 is 0 Å². The molecule has 4 aromatic rings. The summed E-state index contributed by atoms with van der Waals surface area (Å²) in [5, 5.41) is 5.51. The second-order valence-electron chi connectivity index (χ2n) is 7.60. The van der Waals surface area contributed by atoms with Crippen LogP contribution in [-0.4, -0.2) is 39.1 Å². The third-order valence-electron chi connectivity index (χ3n) is 5.61. The summed E-state index contributed by atoms with van der Waals surface area (Å²) in [6.45, 7) is 2.49. The Balaban J connectivity index is 1.19. The maximum atomic E-state index is 13.7. The summed E-state index contributed by atoms with van der Waals surface area (Å²) in [6.07, 6.45) is 7.51. The van der Waals surface area contributed by atoms with Crippen LogP contribution in [0.15, 0.2) is 61.1 Å². The number of hydrogen-bond acceptors (Lipinski definition) is 5. The molecule has 6 nitrogen and oxygen atoms in total. The molecule has 1 aliphatic rings. The lowest BCUT2D eigenvalue weighted by atomic mass is 10.0. The molecule has 0 bridgehead atoms. The van der Waals surface area contributed by atoms with E-state index in [0.717, 1.165) is 59.7 Å². The van der Waals surface area contributed by atoms with Crippen molar-refractivity contribution in [2.45, 2.75) is 25.4 Å². The van der Waals surface area contributed by atoms with Crippen molar-refractivity contribution >= 4 is 16.6 Å². The zero-order valence-corrected chi connectivity index (χ0v) is 16.6. The van der Waals surface area contributed by atoms with Gasteiger partial charge in [-0.1, -0.05) is 12.1 Å². The lowest BCUT2D eigenvalue weighted by Gasteiger charge is -2.33. The monoisotopic (exact) mass is 402 g/mol. The number of rotatable bonds is 5. The molecular weight excluding hydrogens is 379 g/mol. The Hall–Kier alpha value is -3.32. The van der Waals surface area contributed by atoms with Gasteiger partial charge in [0.15, 0.2) is 5.82 Å². The van der Waals surface area contributed by atoms with E-state index in [2.05, 4.69) is 30.2 Å². The first-order chi connectivity index (χ1) is 14.8. The van der Waals surface area contributed by atoms with Crippen LogP contribution in [0.2, 0.25) is 0 Å². The van der Waals surface area contributed by atoms with Crippen molar-refractivity contribution in [2.75, 3.05) is 18.0 Å². The number of H-pyrrole nitrogens is 1. The summed E-state index contributed by atoms with van der Waals surface area (Å²) in [7, 11) is 0. The van der Waals surface area contributed by atoms with Crippen molar-refractivity contribution in [3.8, 4) is 11.5 Å². The van der Waals surface area contributed by atoms with Crippen molar-refractivity contribution in [3.05, 3.63) is 72.6 Å². The fourth-order valence-corrected chi connectivity index (χ4v) is 4.01. The molecule has 7 heteroatoms. The number of fused-ring (bicyclic) bond motifs is 1. The summed E-state index contributed by atoms with van der Waals surface area (Å²) in [4.78, 5) is 19.0. The molecule has 0 amide bonds. The fourth-order valence-electron chi connectivity index (χ4n) is 4.01. The number of nitrogens with one attached hydrogen (secondary N) is 2. The Morgan fingerprint density at radius 3 is 2.80 bits per heavy atom. The lowest BCUT2D eigenvalue weighted by molar-refractivity contribution is 0.411. The second-order valence-corrected chi connectivity index (χ2v) is 7.60. The largest absolute Gasteiger partial charge is 0.356 e. The van der Waals surface area contributed by atoms with Gasteiger partial charge in [-0.3, -0.25) is 4.98 Å². The highest BCUT2D eigenvalue weighted by atomic mass is 19.1. The summed E-state index contributed by atoms with van der Waals surface area (Å²) >= 11 is 0. The van der Waals surface area contributed by atoms with Gasteiger partial charge < -0.3 is 15.2 Å². The zero-order valence-electron chi connectivity index (χ0n) is 16.6. The molecule has 1 aromatic carbocycles. The predicted octanol–water partition coefficient (Wildman–Crippen LogP) is 3.92. The van der Waals surface area contributed by atoms with Gasteiger partial charge >= 0.3 is 0 Å². The average Bonchev–Trinajstić information content (AvgIpc) is 3.27.